The molecule has 3 N–H and O–H groups in total. The fourth-order valence-corrected chi connectivity index (χ4v) is 2.13. The minimum Gasteiger partial charge on any atom is -0.351 e. The predicted molar refractivity (Wildman–Crippen MR) is 68.4 cm³/mol. The second-order valence-electron chi connectivity index (χ2n) is 4.79. The number of hydrogen-bond donors (Lipinski definition) is 2. The van der Waals surface area contributed by atoms with Crippen molar-refractivity contribution in [2.24, 2.45) is 5.73 Å². The number of thiophene rings is 1. The van der Waals surface area contributed by atoms with Crippen LogP contribution in [-0.4, -0.2) is 11.4 Å². The predicted octanol–water partition coefficient (Wildman–Crippen LogP) is 2.19. The summed E-state index contributed by atoms with van der Waals surface area (Å²) in [6, 6.07) is 2.06. The number of carbonyl (C=O) groups is 1. The van der Waals surface area contributed by atoms with E-state index in [1.54, 1.807) is 11.3 Å². The first kappa shape index (κ1) is 13.2. The van der Waals surface area contributed by atoms with Gasteiger partial charge < -0.3 is 11.1 Å². The van der Waals surface area contributed by atoms with Crippen LogP contribution in [0.15, 0.2) is 11.4 Å². The van der Waals surface area contributed by atoms with Gasteiger partial charge in [-0.15, -0.1) is 11.3 Å². The molecule has 0 fully saturated rings. The van der Waals surface area contributed by atoms with E-state index in [1.807, 2.05) is 19.2 Å². The van der Waals surface area contributed by atoms with Crippen LogP contribution in [0, 0.1) is 6.92 Å². The Kier molecular flexibility index (Phi) is 4.50. The van der Waals surface area contributed by atoms with Gasteiger partial charge >= 0.3 is 0 Å². The summed E-state index contributed by atoms with van der Waals surface area (Å²) in [7, 11) is 0. The second-order valence-corrected chi connectivity index (χ2v) is 5.79. The third-order valence-corrected chi connectivity index (χ3v) is 3.43. The van der Waals surface area contributed by atoms with E-state index in [1.165, 1.54) is 10.4 Å². The zero-order valence-electron chi connectivity index (χ0n) is 10.2. The number of nitrogens with two attached hydrogens (primary N) is 1. The summed E-state index contributed by atoms with van der Waals surface area (Å²) in [6.45, 7) is 6.56. The van der Waals surface area contributed by atoms with E-state index in [9.17, 15) is 4.79 Å². The molecule has 0 bridgehead atoms. The highest BCUT2D eigenvalue weighted by Crippen LogP contribution is 2.15. The molecule has 0 spiro atoms. The Morgan fingerprint density at radius 1 is 1.56 bits per heavy atom. The molecule has 0 saturated carbocycles. The zero-order chi connectivity index (χ0) is 12.2. The van der Waals surface area contributed by atoms with Crippen molar-refractivity contribution < 1.29 is 4.79 Å². The molecule has 3 nitrogen and oxygen atoms in total. The molecule has 90 valence electrons. The molecule has 0 atom stereocenters. The quantitative estimate of drug-likeness (QED) is 0.829. The molecular weight excluding hydrogens is 220 g/mol. The first-order chi connectivity index (χ1) is 7.38. The van der Waals surface area contributed by atoms with Crippen LogP contribution in [0.1, 0.15) is 37.1 Å². The summed E-state index contributed by atoms with van der Waals surface area (Å²) in [6.07, 6.45) is 1.20. The summed E-state index contributed by atoms with van der Waals surface area (Å²) in [5.74, 6) is 0.0753. The molecule has 0 radical (unpaired) electrons. The minimum atomic E-state index is -0.268. The van der Waals surface area contributed by atoms with E-state index in [0.29, 0.717) is 19.4 Å². The lowest BCUT2D eigenvalue weighted by Gasteiger charge is -2.17. The van der Waals surface area contributed by atoms with Gasteiger partial charge in [-0.1, -0.05) is 0 Å². The van der Waals surface area contributed by atoms with Gasteiger partial charge in [-0.2, -0.15) is 0 Å². The number of amides is 1. The van der Waals surface area contributed by atoms with Crippen LogP contribution in [0.5, 0.6) is 0 Å². The molecule has 4 heteroatoms. The Hall–Kier alpha value is -0.870. The largest absolute Gasteiger partial charge is 0.351 e. The minimum absolute atomic E-state index is 0.0753. The summed E-state index contributed by atoms with van der Waals surface area (Å²) in [4.78, 5) is 12.8. The van der Waals surface area contributed by atoms with Gasteiger partial charge in [0.1, 0.15) is 0 Å². The second kappa shape index (κ2) is 5.46. The van der Waals surface area contributed by atoms with Crippen molar-refractivity contribution in [3.05, 3.63) is 21.9 Å². The number of rotatable bonds is 5. The molecule has 1 aromatic rings. The lowest BCUT2D eigenvalue weighted by Crippen LogP contribution is -2.34. The topological polar surface area (TPSA) is 55.1 Å². The summed E-state index contributed by atoms with van der Waals surface area (Å²) < 4.78 is 0. The Balaban J connectivity index is 2.29. The van der Waals surface area contributed by atoms with Crippen LogP contribution in [-0.2, 0) is 11.3 Å². The fraction of sp³-hybridized carbons (Fsp3) is 0.583. The van der Waals surface area contributed by atoms with Crippen LogP contribution in [0.4, 0.5) is 0 Å². The van der Waals surface area contributed by atoms with Crippen molar-refractivity contribution in [1.29, 1.82) is 0 Å². The molecule has 0 aromatic carbocycles. The van der Waals surface area contributed by atoms with E-state index in [4.69, 9.17) is 5.73 Å². The standard InChI is InChI=1S/C12H20N2OS/c1-9-5-7-16-10(9)8-14-11(15)4-6-12(2,3)13/h5,7H,4,6,8,13H2,1-3H3,(H,14,15). The average Bonchev–Trinajstić information content (AvgIpc) is 2.57. The number of nitrogens with one attached hydrogen (secondary N) is 1. The van der Waals surface area contributed by atoms with Gasteiger partial charge in [0.15, 0.2) is 0 Å². The third-order valence-electron chi connectivity index (χ3n) is 2.41. The Morgan fingerprint density at radius 2 is 2.25 bits per heavy atom. The van der Waals surface area contributed by atoms with Crippen molar-refractivity contribution >= 4 is 17.2 Å². The Labute approximate surface area is 101 Å². The lowest BCUT2D eigenvalue weighted by atomic mass is 10.00. The smallest absolute Gasteiger partial charge is 0.220 e. The van der Waals surface area contributed by atoms with Crippen molar-refractivity contribution in [2.45, 2.75) is 45.7 Å². The zero-order valence-corrected chi connectivity index (χ0v) is 11.0. The van der Waals surface area contributed by atoms with Crippen LogP contribution in [0.2, 0.25) is 0 Å². The molecule has 1 heterocycles. The van der Waals surface area contributed by atoms with Crippen LogP contribution in [0.25, 0.3) is 0 Å². The highest BCUT2D eigenvalue weighted by molar-refractivity contribution is 7.10. The molecule has 0 unspecified atom stereocenters. The first-order valence-electron chi connectivity index (χ1n) is 5.47. The average molecular weight is 240 g/mol. The van der Waals surface area contributed by atoms with Gasteiger partial charge in [0.2, 0.25) is 5.91 Å². The normalized spacial score (nSPS) is 11.5. The van der Waals surface area contributed by atoms with Gasteiger partial charge in [0.25, 0.3) is 0 Å². The Bertz CT molecular complexity index is 352. The molecular formula is C12H20N2OS. The van der Waals surface area contributed by atoms with Crippen molar-refractivity contribution in [3.63, 3.8) is 0 Å². The van der Waals surface area contributed by atoms with Crippen molar-refractivity contribution in [3.8, 4) is 0 Å². The van der Waals surface area contributed by atoms with E-state index in [0.717, 1.165) is 0 Å². The van der Waals surface area contributed by atoms with Crippen LogP contribution >= 0.6 is 11.3 Å². The van der Waals surface area contributed by atoms with Gasteiger partial charge in [-0.05, 0) is 44.2 Å². The van der Waals surface area contributed by atoms with Gasteiger partial charge in [0, 0.05) is 16.8 Å². The van der Waals surface area contributed by atoms with Gasteiger partial charge in [-0.3, -0.25) is 4.79 Å². The van der Waals surface area contributed by atoms with E-state index in [2.05, 4.69) is 18.3 Å². The summed E-state index contributed by atoms with van der Waals surface area (Å²) in [5.41, 5.74) is 6.79. The lowest BCUT2D eigenvalue weighted by molar-refractivity contribution is -0.121. The van der Waals surface area contributed by atoms with Crippen molar-refractivity contribution in [2.75, 3.05) is 0 Å². The number of aryl methyl sites for hydroxylation is 1. The van der Waals surface area contributed by atoms with E-state index >= 15 is 0 Å². The van der Waals surface area contributed by atoms with Crippen LogP contribution in [0.3, 0.4) is 0 Å². The maximum atomic E-state index is 11.5. The first-order valence-corrected chi connectivity index (χ1v) is 6.35. The fourth-order valence-electron chi connectivity index (χ4n) is 1.29. The number of carbonyl (C=O) groups excluding carboxylic acids is 1. The molecule has 0 aliphatic rings. The highest BCUT2D eigenvalue weighted by Gasteiger charge is 2.13. The highest BCUT2D eigenvalue weighted by atomic mass is 32.1. The summed E-state index contributed by atoms with van der Waals surface area (Å²) >= 11 is 1.68. The van der Waals surface area contributed by atoms with E-state index < -0.39 is 0 Å². The third kappa shape index (κ3) is 4.77. The molecule has 0 saturated heterocycles. The van der Waals surface area contributed by atoms with Crippen molar-refractivity contribution in [1.82, 2.24) is 5.32 Å². The monoisotopic (exact) mass is 240 g/mol. The van der Waals surface area contributed by atoms with Crippen LogP contribution < -0.4 is 11.1 Å². The maximum Gasteiger partial charge on any atom is 0.220 e. The molecule has 0 aliphatic heterocycles. The molecule has 16 heavy (non-hydrogen) atoms. The van der Waals surface area contributed by atoms with Gasteiger partial charge in [0.05, 0.1) is 6.54 Å². The molecule has 1 rings (SSSR count). The molecule has 0 aliphatic carbocycles. The molecule has 1 aromatic heterocycles. The van der Waals surface area contributed by atoms with Gasteiger partial charge in [-0.25, -0.2) is 0 Å². The molecule has 1 amide bonds. The SMILES string of the molecule is Cc1ccsc1CNC(=O)CCC(C)(C)N. The Morgan fingerprint density at radius 3 is 2.75 bits per heavy atom. The maximum absolute atomic E-state index is 11.5. The number of hydrogen-bond acceptors (Lipinski definition) is 3. The summed E-state index contributed by atoms with van der Waals surface area (Å²) in [5, 5.41) is 4.96. The van der Waals surface area contributed by atoms with E-state index in [-0.39, 0.29) is 11.4 Å².